The highest BCUT2D eigenvalue weighted by Crippen LogP contribution is 2.41. The molecule has 2 aliphatic rings. The molecule has 3 rings (SSSR count). The molecule has 0 atom stereocenters. The van der Waals surface area contributed by atoms with Crippen molar-refractivity contribution in [3.8, 4) is 0 Å². The maximum atomic E-state index is 13.1. The molecule has 0 bridgehead atoms. The van der Waals surface area contributed by atoms with E-state index in [1.807, 2.05) is 0 Å². The molecule has 1 N–H and O–H groups in total. The van der Waals surface area contributed by atoms with Gasteiger partial charge in [-0.2, -0.15) is 0 Å². The molecule has 2 heterocycles. The van der Waals surface area contributed by atoms with E-state index in [1.165, 1.54) is 25.0 Å². The Balaban J connectivity index is 1.71. The highest BCUT2D eigenvalue weighted by Gasteiger charge is 2.43. The van der Waals surface area contributed by atoms with Gasteiger partial charge in [-0.05, 0) is 38.1 Å². The fraction of sp³-hybridized carbons (Fsp3) is 0.538. The lowest BCUT2D eigenvalue weighted by molar-refractivity contribution is 0.150. The summed E-state index contributed by atoms with van der Waals surface area (Å²) < 4.78 is 26.2. The molecule has 0 aliphatic carbocycles. The Morgan fingerprint density at radius 2 is 1.59 bits per heavy atom. The Bertz CT molecular complexity index is 399. The van der Waals surface area contributed by atoms with Gasteiger partial charge in [0, 0.05) is 30.3 Å². The number of rotatable bonds is 1. The first kappa shape index (κ1) is 11.0. The van der Waals surface area contributed by atoms with Crippen LogP contribution in [-0.4, -0.2) is 26.2 Å². The average molecular weight is 238 g/mol. The van der Waals surface area contributed by atoms with Crippen molar-refractivity contribution in [1.82, 2.24) is 5.32 Å². The molecule has 1 spiro atoms. The van der Waals surface area contributed by atoms with Crippen LogP contribution in [0.15, 0.2) is 18.2 Å². The second kappa shape index (κ2) is 3.95. The third-order valence-electron chi connectivity index (χ3n) is 3.93. The van der Waals surface area contributed by atoms with Gasteiger partial charge >= 0.3 is 0 Å². The van der Waals surface area contributed by atoms with Gasteiger partial charge in [-0.25, -0.2) is 8.78 Å². The first-order valence-corrected chi connectivity index (χ1v) is 6.09. The van der Waals surface area contributed by atoms with Crippen LogP contribution in [0.5, 0.6) is 0 Å². The molecular formula is C13H16F2N2. The standard InChI is InChI=1S/C13H16F2N2/c14-10-5-11(15)7-12(6-10)17-8-13(9-17)1-3-16-4-2-13/h5-7,16H,1-4,8-9H2. The smallest absolute Gasteiger partial charge is 0.128 e. The van der Waals surface area contributed by atoms with E-state index >= 15 is 0 Å². The lowest BCUT2D eigenvalue weighted by Crippen LogP contribution is -2.60. The van der Waals surface area contributed by atoms with Gasteiger partial charge in [-0.15, -0.1) is 0 Å². The van der Waals surface area contributed by atoms with Gasteiger partial charge in [0.15, 0.2) is 0 Å². The maximum Gasteiger partial charge on any atom is 0.128 e. The summed E-state index contributed by atoms with van der Waals surface area (Å²) in [4.78, 5) is 2.07. The molecule has 0 amide bonds. The van der Waals surface area contributed by atoms with Gasteiger partial charge in [0.2, 0.25) is 0 Å². The minimum absolute atomic E-state index is 0.383. The average Bonchev–Trinajstić information content (AvgIpc) is 2.25. The molecule has 0 saturated carbocycles. The van der Waals surface area contributed by atoms with Gasteiger partial charge in [0.05, 0.1) is 0 Å². The fourth-order valence-corrected chi connectivity index (χ4v) is 2.94. The van der Waals surface area contributed by atoms with Crippen molar-refractivity contribution in [2.45, 2.75) is 12.8 Å². The molecule has 1 aromatic rings. The summed E-state index contributed by atoms with van der Waals surface area (Å²) in [5.74, 6) is -0.988. The molecule has 2 saturated heterocycles. The van der Waals surface area contributed by atoms with Crippen molar-refractivity contribution in [3.63, 3.8) is 0 Å². The number of nitrogens with zero attached hydrogens (tertiary/aromatic N) is 1. The monoisotopic (exact) mass is 238 g/mol. The van der Waals surface area contributed by atoms with E-state index < -0.39 is 11.6 Å². The van der Waals surface area contributed by atoms with Gasteiger partial charge in [-0.1, -0.05) is 0 Å². The highest BCUT2D eigenvalue weighted by molar-refractivity contribution is 5.50. The van der Waals surface area contributed by atoms with Gasteiger partial charge in [-0.3, -0.25) is 0 Å². The molecule has 0 radical (unpaired) electrons. The summed E-state index contributed by atoms with van der Waals surface area (Å²) >= 11 is 0. The minimum atomic E-state index is -0.494. The number of halogens is 2. The predicted molar refractivity (Wildman–Crippen MR) is 63.1 cm³/mol. The fourth-order valence-electron chi connectivity index (χ4n) is 2.94. The SMILES string of the molecule is Fc1cc(F)cc(N2CC3(CCNCC3)C2)c1. The predicted octanol–water partition coefficient (Wildman–Crippen LogP) is 2.15. The Kier molecular flexibility index (Phi) is 2.54. The Hall–Kier alpha value is -1.16. The summed E-state index contributed by atoms with van der Waals surface area (Å²) in [6.07, 6.45) is 2.34. The zero-order valence-corrected chi connectivity index (χ0v) is 9.68. The highest BCUT2D eigenvalue weighted by atomic mass is 19.1. The van der Waals surface area contributed by atoms with Crippen LogP contribution >= 0.6 is 0 Å². The van der Waals surface area contributed by atoms with Crippen molar-refractivity contribution >= 4 is 5.69 Å². The van der Waals surface area contributed by atoms with E-state index in [-0.39, 0.29) is 0 Å². The number of anilines is 1. The van der Waals surface area contributed by atoms with Gasteiger partial charge < -0.3 is 10.2 Å². The number of benzene rings is 1. The van der Waals surface area contributed by atoms with Crippen LogP contribution < -0.4 is 10.2 Å². The summed E-state index contributed by atoms with van der Waals surface area (Å²) in [6, 6.07) is 3.75. The van der Waals surface area contributed by atoms with E-state index in [0.717, 1.165) is 32.2 Å². The first-order valence-electron chi connectivity index (χ1n) is 6.09. The summed E-state index contributed by atoms with van der Waals surface area (Å²) in [7, 11) is 0. The van der Waals surface area contributed by atoms with E-state index in [2.05, 4.69) is 10.2 Å². The lowest BCUT2D eigenvalue weighted by atomic mass is 9.72. The molecule has 2 aliphatic heterocycles. The van der Waals surface area contributed by atoms with Crippen LogP contribution in [-0.2, 0) is 0 Å². The maximum absolute atomic E-state index is 13.1. The minimum Gasteiger partial charge on any atom is -0.370 e. The quantitative estimate of drug-likeness (QED) is 0.806. The third kappa shape index (κ3) is 2.02. The molecule has 2 nitrogen and oxygen atoms in total. The topological polar surface area (TPSA) is 15.3 Å². The van der Waals surface area contributed by atoms with E-state index in [0.29, 0.717) is 11.1 Å². The molecule has 0 aromatic heterocycles. The first-order chi connectivity index (χ1) is 8.17. The van der Waals surface area contributed by atoms with E-state index in [1.54, 1.807) is 0 Å². The normalized spacial score (nSPS) is 22.6. The largest absolute Gasteiger partial charge is 0.370 e. The van der Waals surface area contributed by atoms with Crippen LogP contribution in [0.1, 0.15) is 12.8 Å². The Morgan fingerprint density at radius 1 is 1.00 bits per heavy atom. The van der Waals surface area contributed by atoms with E-state index in [9.17, 15) is 8.78 Å². The van der Waals surface area contributed by atoms with Crippen molar-refractivity contribution in [2.75, 3.05) is 31.1 Å². The Labute approximate surface area is 99.6 Å². The van der Waals surface area contributed by atoms with Gasteiger partial charge in [0.1, 0.15) is 11.6 Å². The summed E-state index contributed by atoms with van der Waals surface area (Å²) in [5, 5.41) is 3.34. The zero-order chi connectivity index (χ0) is 11.9. The molecule has 17 heavy (non-hydrogen) atoms. The van der Waals surface area contributed by atoms with Crippen LogP contribution in [0.25, 0.3) is 0 Å². The van der Waals surface area contributed by atoms with Crippen molar-refractivity contribution in [1.29, 1.82) is 0 Å². The van der Waals surface area contributed by atoms with Crippen molar-refractivity contribution in [3.05, 3.63) is 29.8 Å². The van der Waals surface area contributed by atoms with Crippen LogP contribution in [0.4, 0.5) is 14.5 Å². The number of piperidine rings is 1. The lowest BCUT2D eigenvalue weighted by Gasteiger charge is -2.53. The Morgan fingerprint density at radius 3 is 2.18 bits per heavy atom. The second-order valence-corrected chi connectivity index (χ2v) is 5.23. The molecule has 2 fully saturated rings. The summed E-state index contributed by atoms with van der Waals surface area (Å²) in [5.41, 5.74) is 1.06. The van der Waals surface area contributed by atoms with E-state index in [4.69, 9.17) is 0 Å². The molecule has 4 heteroatoms. The third-order valence-corrected chi connectivity index (χ3v) is 3.93. The number of nitrogens with one attached hydrogen (secondary N) is 1. The molecule has 92 valence electrons. The zero-order valence-electron chi connectivity index (χ0n) is 9.68. The number of hydrogen-bond acceptors (Lipinski definition) is 2. The summed E-state index contributed by atoms with van der Waals surface area (Å²) in [6.45, 7) is 3.98. The van der Waals surface area contributed by atoms with Crippen molar-refractivity contribution in [2.24, 2.45) is 5.41 Å². The number of hydrogen-bond donors (Lipinski definition) is 1. The van der Waals surface area contributed by atoms with Gasteiger partial charge in [0.25, 0.3) is 0 Å². The molecule has 0 unspecified atom stereocenters. The second-order valence-electron chi connectivity index (χ2n) is 5.23. The van der Waals surface area contributed by atoms with Crippen LogP contribution in [0.2, 0.25) is 0 Å². The van der Waals surface area contributed by atoms with Crippen LogP contribution in [0.3, 0.4) is 0 Å². The molecule has 1 aromatic carbocycles. The van der Waals surface area contributed by atoms with Crippen molar-refractivity contribution < 1.29 is 8.78 Å². The molecular weight excluding hydrogens is 222 g/mol. The van der Waals surface area contributed by atoms with Crippen LogP contribution in [0, 0.1) is 17.0 Å².